The van der Waals surface area contributed by atoms with Crippen LogP contribution in [0.15, 0.2) is 35.7 Å². The molecule has 2 atom stereocenters. The van der Waals surface area contributed by atoms with Crippen LogP contribution in [0, 0.1) is 0 Å². The lowest BCUT2D eigenvalue weighted by Crippen LogP contribution is -2.31. The molecular formula is C16H22N2OS. The number of rotatable bonds is 7. The van der Waals surface area contributed by atoms with Gasteiger partial charge in [-0.05, 0) is 20.4 Å². The van der Waals surface area contributed by atoms with Gasteiger partial charge in [0.15, 0.2) is 0 Å². The molecule has 0 bridgehead atoms. The Hall–Kier alpha value is -1.23. The van der Waals surface area contributed by atoms with E-state index in [-0.39, 0.29) is 6.10 Å². The van der Waals surface area contributed by atoms with Crippen LogP contribution in [0.2, 0.25) is 0 Å². The van der Waals surface area contributed by atoms with Crippen LogP contribution in [-0.2, 0) is 11.2 Å². The SMILES string of the molecule is CNC(Cc1nc(-c2ccccc2)cs1)CC(C)OC. The second-order valence-electron chi connectivity index (χ2n) is 4.96. The summed E-state index contributed by atoms with van der Waals surface area (Å²) in [6.07, 6.45) is 2.20. The van der Waals surface area contributed by atoms with Crippen LogP contribution >= 0.6 is 11.3 Å². The number of hydrogen-bond acceptors (Lipinski definition) is 4. The molecule has 0 saturated heterocycles. The molecule has 0 amide bonds. The number of thiazole rings is 1. The van der Waals surface area contributed by atoms with Crippen molar-refractivity contribution in [1.82, 2.24) is 10.3 Å². The minimum absolute atomic E-state index is 0.265. The Morgan fingerprint density at radius 3 is 2.70 bits per heavy atom. The van der Waals surface area contributed by atoms with Gasteiger partial charge in [0.25, 0.3) is 0 Å². The van der Waals surface area contributed by atoms with Gasteiger partial charge in [-0.25, -0.2) is 4.98 Å². The van der Waals surface area contributed by atoms with Gasteiger partial charge >= 0.3 is 0 Å². The number of nitrogens with one attached hydrogen (secondary N) is 1. The van der Waals surface area contributed by atoms with E-state index in [0.717, 1.165) is 18.5 Å². The monoisotopic (exact) mass is 290 g/mol. The molecule has 2 aromatic rings. The van der Waals surface area contributed by atoms with Crippen molar-refractivity contribution >= 4 is 11.3 Å². The van der Waals surface area contributed by atoms with Crippen molar-refractivity contribution in [2.75, 3.05) is 14.2 Å². The van der Waals surface area contributed by atoms with Crippen molar-refractivity contribution in [3.63, 3.8) is 0 Å². The molecule has 3 nitrogen and oxygen atoms in total. The average molecular weight is 290 g/mol. The van der Waals surface area contributed by atoms with Crippen LogP contribution in [0.1, 0.15) is 18.4 Å². The van der Waals surface area contributed by atoms with Crippen LogP contribution in [0.3, 0.4) is 0 Å². The lowest BCUT2D eigenvalue weighted by Gasteiger charge is -2.18. The molecule has 1 aromatic heterocycles. The maximum Gasteiger partial charge on any atom is 0.0948 e. The lowest BCUT2D eigenvalue weighted by molar-refractivity contribution is 0.101. The van der Waals surface area contributed by atoms with E-state index in [1.165, 1.54) is 10.6 Å². The summed E-state index contributed by atoms with van der Waals surface area (Å²) in [7, 11) is 3.76. The van der Waals surface area contributed by atoms with E-state index in [9.17, 15) is 0 Å². The largest absolute Gasteiger partial charge is 0.382 e. The fourth-order valence-corrected chi connectivity index (χ4v) is 3.04. The quantitative estimate of drug-likeness (QED) is 0.849. The first-order valence-electron chi connectivity index (χ1n) is 6.92. The molecule has 4 heteroatoms. The molecule has 20 heavy (non-hydrogen) atoms. The van der Waals surface area contributed by atoms with Gasteiger partial charge in [-0.2, -0.15) is 0 Å². The van der Waals surface area contributed by atoms with Crippen molar-refractivity contribution in [3.05, 3.63) is 40.7 Å². The lowest BCUT2D eigenvalue weighted by atomic mass is 10.1. The van der Waals surface area contributed by atoms with Crippen molar-refractivity contribution in [3.8, 4) is 11.3 Å². The van der Waals surface area contributed by atoms with Crippen molar-refractivity contribution in [2.45, 2.75) is 31.9 Å². The highest BCUT2D eigenvalue weighted by molar-refractivity contribution is 7.09. The number of hydrogen-bond donors (Lipinski definition) is 1. The third-order valence-electron chi connectivity index (χ3n) is 3.47. The zero-order valence-electron chi connectivity index (χ0n) is 12.3. The molecule has 1 heterocycles. The van der Waals surface area contributed by atoms with Crippen molar-refractivity contribution in [2.24, 2.45) is 0 Å². The van der Waals surface area contributed by atoms with Gasteiger partial charge in [0.2, 0.25) is 0 Å². The fraction of sp³-hybridized carbons (Fsp3) is 0.438. The molecule has 1 aromatic carbocycles. The Balaban J connectivity index is 2.01. The fourth-order valence-electron chi connectivity index (χ4n) is 2.16. The summed E-state index contributed by atoms with van der Waals surface area (Å²) in [5, 5.41) is 6.66. The molecule has 0 radical (unpaired) electrons. The Kier molecular flexibility index (Phi) is 5.71. The van der Waals surface area contributed by atoms with Gasteiger partial charge in [-0.3, -0.25) is 0 Å². The third-order valence-corrected chi connectivity index (χ3v) is 4.34. The van der Waals surface area contributed by atoms with Gasteiger partial charge in [-0.1, -0.05) is 30.3 Å². The summed E-state index contributed by atoms with van der Waals surface area (Å²) >= 11 is 1.73. The molecule has 0 saturated carbocycles. The van der Waals surface area contributed by atoms with E-state index in [4.69, 9.17) is 9.72 Å². The Morgan fingerprint density at radius 2 is 2.05 bits per heavy atom. The maximum atomic E-state index is 5.34. The highest BCUT2D eigenvalue weighted by Gasteiger charge is 2.14. The maximum absolute atomic E-state index is 5.34. The molecule has 2 unspecified atom stereocenters. The summed E-state index contributed by atoms with van der Waals surface area (Å²) in [6.45, 7) is 2.10. The average Bonchev–Trinajstić information content (AvgIpc) is 2.95. The van der Waals surface area contributed by atoms with Crippen LogP contribution in [0.25, 0.3) is 11.3 Å². The number of methoxy groups -OCH3 is 1. The van der Waals surface area contributed by atoms with Gasteiger partial charge in [0.05, 0.1) is 16.8 Å². The summed E-state index contributed by atoms with van der Waals surface area (Å²) in [4.78, 5) is 4.74. The first-order chi connectivity index (χ1) is 9.72. The minimum Gasteiger partial charge on any atom is -0.382 e. The molecule has 0 aliphatic rings. The van der Waals surface area contributed by atoms with Crippen LogP contribution in [0.5, 0.6) is 0 Å². The highest BCUT2D eigenvalue weighted by atomic mass is 32.1. The molecule has 0 fully saturated rings. The van der Waals surface area contributed by atoms with Crippen LogP contribution in [0.4, 0.5) is 0 Å². The van der Waals surface area contributed by atoms with Gasteiger partial charge < -0.3 is 10.1 Å². The summed E-state index contributed by atoms with van der Waals surface area (Å²) in [5.74, 6) is 0. The Morgan fingerprint density at radius 1 is 1.30 bits per heavy atom. The molecular weight excluding hydrogens is 268 g/mol. The molecule has 0 spiro atoms. The van der Waals surface area contributed by atoms with Crippen LogP contribution < -0.4 is 5.32 Å². The number of ether oxygens (including phenoxy) is 1. The number of benzene rings is 1. The second-order valence-corrected chi connectivity index (χ2v) is 5.91. The van der Waals surface area contributed by atoms with Crippen molar-refractivity contribution < 1.29 is 4.74 Å². The molecule has 0 aliphatic heterocycles. The van der Waals surface area contributed by atoms with E-state index >= 15 is 0 Å². The highest BCUT2D eigenvalue weighted by Crippen LogP contribution is 2.22. The zero-order valence-corrected chi connectivity index (χ0v) is 13.1. The Bertz CT molecular complexity index is 512. The van der Waals surface area contributed by atoms with E-state index in [1.54, 1.807) is 18.4 Å². The number of likely N-dealkylation sites (N-methyl/N-ethyl adjacent to an activating group) is 1. The van der Waals surface area contributed by atoms with Crippen LogP contribution in [-0.4, -0.2) is 31.3 Å². The van der Waals surface area contributed by atoms with E-state index in [1.807, 2.05) is 25.2 Å². The van der Waals surface area contributed by atoms with E-state index in [2.05, 4.69) is 29.8 Å². The molecule has 2 rings (SSSR count). The number of nitrogens with zero attached hydrogens (tertiary/aromatic N) is 1. The summed E-state index contributed by atoms with van der Waals surface area (Å²) < 4.78 is 5.34. The molecule has 0 aliphatic carbocycles. The minimum atomic E-state index is 0.265. The summed E-state index contributed by atoms with van der Waals surface area (Å²) in [5.41, 5.74) is 2.25. The predicted molar refractivity (Wildman–Crippen MR) is 85.2 cm³/mol. The van der Waals surface area contributed by atoms with Gasteiger partial charge in [0, 0.05) is 30.5 Å². The second kappa shape index (κ2) is 7.53. The Labute approximate surface area is 125 Å². The predicted octanol–water partition coefficient (Wildman–Crippen LogP) is 3.37. The zero-order chi connectivity index (χ0) is 14.4. The third kappa shape index (κ3) is 4.13. The smallest absolute Gasteiger partial charge is 0.0948 e. The normalized spacial score (nSPS) is 14.2. The van der Waals surface area contributed by atoms with E-state index in [0.29, 0.717) is 6.04 Å². The number of aromatic nitrogens is 1. The van der Waals surface area contributed by atoms with Gasteiger partial charge in [-0.15, -0.1) is 11.3 Å². The topological polar surface area (TPSA) is 34.2 Å². The first-order valence-corrected chi connectivity index (χ1v) is 7.80. The van der Waals surface area contributed by atoms with Gasteiger partial charge in [0.1, 0.15) is 0 Å². The summed E-state index contributed by atoms with van der Waals surface area (Å²) in [6, 6.07) is 10.7. The standard InChI is InChI=1S/C16H22N2OS/c1-12(19-3)9-14(17-2)10-16-18-15(11-20-16)13-7-5-4-6-8-13/h4-8,11-12,14,17H,9-10H2,1-3H3. The van der Waals surface area contributed by atoms with E-state index < -0.39 is 0 Å². The molecule has 1 N–H and O–H groups in total. The molecule has 108 valence electrons. The first kappa shape index (κ1) is 15.2. The van der Waals surface area contributed by atoms with Crippen molar-refractivity contribution in [1.29, 1.82) is 0 Å².